The number of benzene rings is 1. The van der Waals surface area contributed by atoms with Crippen LogP contribution in [0.4, 0.5) is 4.39 Å². The molecule has 0 amide bonds. The van der Waals surface area contributed by atoms with Gasteiger partial charge >= 0.3 is 5.97 Å². The van der Waals surface area contributed by atoms with Crippen molar-refractivity contribution in [3.63, 3.8) is 0 Å². The molecule has 1 aromatic carbocycles. The minimum absolute atomic E-state index is 0.139. The summed E-state index contributed by atoms with van der Waals surface area (Å²) >= 11 is 7.60. The van der Waals surface area contributed by atoms with E-state index in [9.17, 15) is 9.90 Å². The van der Waals surface area contributed by atoms with Gasteiger partial charge in [0, 0.05) is 10.9 Å². The number of halogens is 2. The van der Waals surface area contributed by atoms with E-state index < -0.39 is 17.7 Å². The fourth-order valence-corrected chi connectivity index (χ4v) is 7.71. The number of thiophene rings is 1. The van der Waals surface area contributed by atoms with Crippen molar-refractivity contribution in [1.82, 2.24) is 24.9 Å². The SMILES string of the molecule is O=C(O)[C@H]1C2CCC(CC2)[C@@H]1Cc1nc(-c2c[nH]c3ncc(Cl)nc23)nc(-c2cc3ccccc3s2)c1F. The van der Waals surface area contributed by atoms with Gasteiger partial charge in [-0.1, -0.05) is 29.8 Å². The molecular formula is C28H23ClFN5O2S. The van der Waals surface area contributed by atoms with Gasteiger partial charge in [-0.25, -0.2) is 24.3 Å². The third kappa shape index (κ3) is 3.87. The van der Waals surface area contributed by atoms with Crippen LogP contribution in [0.5, 0.6) is 0 Å². The zero-order valence-corrected chi connectivity index (χ0v) is 21.8. The second-order valence-electron chi connectivity index (χ2n) is 10.3. The van der Waals surface area contributed by atoms with Crippen LogP contribution in [0.3, 0.4) is 0 Å². The first-order valence-corrected chi connectivity index (χ1v) is 13.9. The molecule has 0 aliphatic heterocycles. The standard InChI is InChI=1S/C28H23ClFN5O2S/c29-21-12-32-27-24(34-21)17(11-31-27)26-33-18(10-16-13-5-7-14(8-6-13)22(16)28(36)37)23(30)25(35-26)20-9-15-3-1-2-4-19(15)38-20/h1-4,9,11-14,16,22H,5-8,10H2,(H,31,32)(H,36,37)/t13?,14?,16-,22-/m0/s1. The number of nitrogens with zero attached hydrogens (tertiary/aromatic N) is 4. The summed E-state index contributed by atoms with van der Waals surface area (Å²) in [6.45, 7) is 0. The number of aromatic amines is 1. The van der Waals surface area contributed by atoms with Crippen molar-refractivity contribution in [2.24, 2.45) is 23.7 Å². The molecule has 2 atom stereocenters. The molecule has 38 heavy (non-hydrogen) atoms. The number of hydrogen-bond acceptors (Lipinski definition) is 6. The molecule has 4 aromatic heterocycles. The summed E-state index contributed by atoms with van der Waals surface area (Å²) in [5.74, 6) is -1.22. The smallest absolute Gasteiger partial charge is 0.307 e. The van der Waals surface area contributed by atoms with Crippen LogP contribution >= 0.6 is 22.9 Å². The molecule has 3 aliphatic rings. The zero-order chi connectivity index (χ0) is 26.0. The molecule has 7 nitrogen and oxygen atoms in total. The lowest BCUT2D eigenvalue weighted by atomic mass is 9.57. The molecule has 2 bridgehead atoms. The Labute approximate surface area is 226 Å². The minimum Gasteiger partial charge on any atom is -0.481 e. The summed E-state index contributed by atoms with van der Waals surface area (Å²) in [5, 5.41) is 11.3. The van der Waals surface area contributed by atoms with Crippen molar-refractivity contribution in [3.8, 4) is 22.0 Å². The average molecular weight is 548 g/mol. The fraction of sp³-hybridized carbons (Fsp3) is 0.321. The molecule has 5 aromatic rings. The van der Waals surface area contributed by atoms with Crippen LogP contribution in [-0.2, 0) is 11.2 Å². The second kappa shape index (κ2) is 9.10. The highest BCUT2D eigenvalue weighted by molar-refractivity contribution is 7.22. The summed E-state index contributed by atoms with van der Waals surface area (Å²) in [6, 6.07) is 9.83. The Morgan fingerprint density at radius 1 is 1.13 bits per heavy atom. The Morgan fingerprint density at radius 3 is 2.71 bits per heavy atom. The van der Waals surface area contributed by atoms with Crippen molar-refractivity contribution in [2.45, 2.75) is 32.1 Å². The highest BCUT2D eigenvalue weighted by Crippen LogP contribution is 2.50. The van der Waals surface area contributed by atoms with Crippen LogP contribution in [-0.4, -0.2) is 36.0 Å². The Hall–Kier alpha value is -3.43. The predicted molar refractivity (Wildman–Crippen MR) is 144 cm³/mol. The van der Waals surface area contributed by atoms with Gasteiger partial charge in [-0.05, 0) is 67.4 Å². The van der Waals surface area contributed by atoms with E-state index >= 15 is 4.39 Å². The maximum absolute atomic E-state index is 16.3. The van der Waals surface area contributed by atoms with Gasteiger partial charge in [-0.15, -0.1) is 11.3 Å². The van der Waals surface area contributed by atoms with E-state index in [1.54, 1.807) is 6.20 Å². The quantitative estimate of drug-likeness (QED) is 0.251. The maximum atomic E-state index is 16.3. The Morgan fingerprint density at radius 2 is 1.92 bits per heavy atom. The average Bonchev–Trinajstić information content (AvgIpc) is 3.54. The summed E-state index contributed by atoms with van der Waals surface area (Å²) < 4.78 is 17.3. The van der Waals surface area contributed by atoms with E-state index in [0.717, 1.165) is 35.8 Å². The molecule has 4 heterocycles. The summed E-state index contributed by atoms with van der Waals surface area (Å²) in [7, 11) is 0. The summed E-state index contributed by atoms with van der Waals surface area (Å²) in [6.07, 6.45) is 7.24. The predicted octanol–water partition coefficient (Wildman–Crippen LogP) is 6.77. The third-order valence-electron chi connectivity index (χ3n) is 8.28. The number of rotatable bonds is 5. The maximum Gasteiger partial charge on any atom is 0.307 e. The Balaban J connectivity index is 1.40. The van der Waals surface area contributed by atoms with Gasteiger partial charge in [0.1, 0.15) is 16.4 Å². The number of nitrogens with one attached hydrogen (secondary N) is 1. The van der Waals surface area contributed by atoms with Crippen LogP contribution < -0.4 is 0 Å². The van der Waals surface area contributed by atoms with Crippen LogP contribution in [0.1, 0.15) is 31.4 Å². The van der Waals surface area contributed by atoms with Crippen LogP contribution in [0.2, 0.25) is 5.15 Å². The molecule has 0 radical (unpaired) electrons. The third-order valence-corrected chi connectivity index (χ3v) is 9.58. The van der Waals surface area contributed by atoms with Gasteiger partial charge in [-0.2, -0.15) is 0 Å². The van der Waals surface area contributed by atoms with Crippen LogP contribution in [0, 0.1) is 29.5 Å². The monoisotopic (exact) mass is 547 g/mol. The molecule has 8 rings (SSSR count). The highest BCUT2D eigenvalue weighted by Gasteiger charge is 2.47. The van der Waals surface area contributed by atoms with E-state index in [4.69, 9.17) is 21.6 Å². The van der Waals surface area contributed by atoms with Crippen LogP contribution in [0.25, 0.3) is 43.2 Å². The lowest BCUT2D eigenvalue weighted by molar-refractivity contribution is -0.152. The molecule has 0 unspecified atom stereocenters. The number of carbonyl (C=O) groups is 1. The van der Waals surface area contributed by atoms with Crippen molar-refractivity contribution >= 4 is 50.2 Å². The lowest BCUT2D eigenvalue weighted by Gasteiger charge is -2.46. The number of aromatic nitrogens is 5. The number of H-pyrrole nitrogens is 1. The first kappa shape index (κ1) is 23.7. The Kier molecular flexibility index (Phi) is 5.67. The number of carboxylic acid groups (broad SMARTS) is 1. The highest BCUT2D eigenvalue weighted by atomic mass is 35.5. The van der Waals surface area contributed by atoms with E-state index in [0.29, 0.717) is 27.4 Å². The van der Waals surface area contributed by atoms with Gasteiger partial charge in [-0.3, -0.25) is 4.79 Å². The molecule has 192 valence electrons. The van der Waals surface area contributed by atoms with Crippen molar-refractivity contribution < 1.29 is 14.3 Å². The van der Waals surface area contributed by atoms with Crippen molar-refractivity contribution in [3.05, 3.63) is 59.4 Å². The molecule has 3 fully saturated rings. The van der Waals surface area contributed by atoms with Crippen LogP contribution in [0.15, 0.2) is 42.7 Å². The normalized spacial score (nSPS) is 22.9. The largest absolute Gasteiger partial charge is 0.481 e. The number of fused-ring (bicyclic) bond motifs is 5. The van der Waals surface area contributed by atoms with Gasteiger partial charge < -0.3 is 10.1 Å². The molecule has 3 aliphatic carbocycles. The minimum atomic E-state index is -0.787. The second-order valence-corrected chi connectivity index (χ2v) is 11.8. The molecule has 10 heteroatoms. The first-order valence-electron chi connectivity index (χ1n) is 12.7. The van der Waals surface area contributed by atoms with E-state index in [-0.39, 0.29) is 40.7 Å². The zero-order valence-electron chi connectivity index (χ0n) is 20.2. The number of hydrogen-bond donors (Lipinski definition) is 2. The van der Waals surface area contributed by atoms with Gasteiger partial charge in [0.25, 0.3) is 0 Å². The molecule has 3 saturated carbocycles. The molecule has 0 saturated heterocycles. The molecular weight excluding hydrogens is 525 g/mol. The summed E-state index contributed by atoms with van der Waals surface area (Å²) in [5.41, 5.74) is 2.05. The van der Waals surface area contributed by atoms with Crippen molar-refractivity contribution in [2.75, 3.05) is 0 Å². The summed E-state index contributed by atoms with van der Waals surface area (Å²) in [4.78, 5) is 34.1. The van der Waals surface area contributed by atoms with Gasteiger partial charge in [0.15, 0.2) is 17.3 Å². The first-order chi connectivity index (χ1) is 18.5. The number of aliphatic carboxylic acids is 1. The topological polar surface area (TPSA) is 105 Å². The Bertz CT molecular complexity index is 1680. The van der Waals surface area contributed by atoms with E-state index in [1.165, 1.54) is 17.5 Å². The van der Waals surface area contributed by atoms with Gasteiger partial charge in [0.2, 0.25) is 0 Å². The van der Waals surface area contributed by atoms with Gasteiger partial charge in [0.05, 0.1) is 28.2 Å². The van der Waals surface area contributed by atoms with Crippen molar-refractivity contribution in [1.29, 1.82) is 0 Å². The number of carboxylic acids is 1. The molecule has 0 spiro atoms. The molecule has 2 N–H and O–H groups in total. The van der Waals surface area contributed by atoms with E-state index in [2.05, 4.69) is 15.0 Å². The van der Waals surface area contributed by atoms with E-state index in [1.807, 2.05) is 30.3 Å². The lowest BCUT2D eigenvalue weighted by Crippen LogP contribution is -2.45. The fourth-order valence-electron chi connectivity index (χ4n) is 6.53.